The maximum Gasteiger partial charge on any atom is 0.0647 e. The van der Waals surface area contributed by atoms with Crippen LogP contribution in [0, 0.1) is 5.41 Å². The first-order chi connectivity index (χ1) is 9.27. The Hall–Kier alpha value is -1.01. The summed E-state index contributed by atoms with van der Waals surface area (Å²) in [6, 6.07) is 15.1. The van der Waals surface area contributed by atoms with Gasteiger partial charge in [-0.25, -0.2) is 0 Å². The summed E-state index contributed by atoms with van der Waals surface area (Å²) in [6.07, 6.45) is 6.41. The average Bonchev–Trinajstić information content (AvgIpc) is 2.96. The molecule has 0 bridgehead atoms. The van der Waals surface area contributed by atoms with Crippen LogP contribution >= 0.6 is 11.6 Å². The number of alkyl halides is 1. The number of fused-ring (bicyclic) bond motifs is 1. The molecule has 1 saturated carbocycles. The van der Waals surface area contributed by atoms with E-state index in [1.165, 1.54) is 48.4 Å². The molecule has 0 heterocycles. The molecule has 0 nitrogen and oxygen atoms in total. The van der Waals surface area contributed by atoms with E-state index in [1.807, 2.05) is 0 Å². The third-order valence-electron chi connectivity index (χ3n) is 4.94. The summed E-state index contributed by atoms with van der Waals surface area (Å²) in [5.74, 6) is 0. The van der Waals surface area contributed by atoms with E-state index in [1.54, 1.807) is 0 Å². The first-order valence-corrected chi connectivity index (χ1v) is 7.82. The highest BCUT2D eigenvalue weighted by Gasteiger charge is 2.39. The molecule has 0 N–H and O–H groups in total. The highest BCUT2D eigenvalue weighted by molar-refractivity contribution is 6.22. The Kier molecular flexibility index (Phi) is 3.54. The van der Waals surface area contributed by atoms with Crippen LogP contribution in [-0.2, 0) is 0 Å². The Bertz CT molecular complexity index is 561. The lowest BCUT2D eigenvalue weighted by Gasteiger charge is -2.33. The number of hydrogen-bond acceptors (Lipinski definition) is 0. The van der Waals surface area contributed by atoms with E-state index in [0.29, 0.717) is 5.41 Å². The van der Waals surface area contributed by atoms with Crippen LogP contribution < -0.4 is 0 Å². The van der Waals surface area contributed by atoms with Crippen LogP contribution in [0.25, 0.3) is 10.8 Å². The van der Waals surface area contributed by atoms with Gasteiger partial charge in [-0.05, 0) is 41.0 Å². The van der Waals surface area contributed by atoms with Gasteiger partial charge in [-0.1, -0.05) is 62.2 Å². The minimum absolute atomic E-state index is 0.145. The summed E-state index contributed by atoms with van der Waals surface area (Å²) in [5.41, 5.74) is 1.63. The Morgan fingerprint density at radius 2 is 1.74 bits per heavy atom. The molecule has 19 heavy (non-hydrogen) atoms. The number of rotatable bonds is 3. The standard InChI is InChI=1S/C18H21Cl/c1-2-18(12-5-6-13-18)17(19)16-11-7-9-14-8-3-4-10-15(14)16/h3-4,7-11,17H,2,5-6,12-13H2,1H3. The van der Waals surface area contributed by atoms with Crippen molar-refractivity contribution in [3.8, 4) is 0 Å². The molecule has 2 aromatic carbocycles. The molecule has 1 atom stereocenters. The lowest BCUT2D eigenvalue weighted by Crippen LogP contribution is -2.21. The molecule has 0 amide bonds. The molecule has 1 heteroatoms. The molecule has 1 unspecified atom stereocenters. The van der Waals surface area contributed by atoms with Crippen LogP contribution in [0.15, 0.2) is 42.5 Å². The molecular weight excluding hydrogens is 252 g/mol. The van der Waals surface area contributed by atoms with Crippen LogP contribution in [-0.4, -0.2) is 0 Å². The zero-order valence-corrected chi connectivity index (χ0v) is 12.3. The third-order valence-corrected chi connectivity index (χ3v) is 5.64. The normalized spacial score (nSPS) is 19.7. The summed E-state index contributed by atoms with van der Waals surface area (Å²) < 4.78 is 0. The van der Waals surface area contributed by atoms with Crippen molar-refractivity contribution >= 4 is 22.4 Å². The van der Waals surface area contributed by atoms with Crippen molar-refractivity contribution in [2.45, 2.75) is 44.4 Å². The maximum absolute atomic E-state index is 6.95. The smallest absolute Gasteiger partial charge is 0.0647 e. The fourth-order valence-corrected chi connectivity index (χ4v) is 4.23. The molecule has 3 rings (SSSR count). The van der Waals surface area contributed by atoms with Gasteiger partial charge in [-0.2, -0.15) is 0 Å². The van der Waals surface area contributed by atoms with E-state index in [4.69, 9.17) is 11.6 Å². The van der Waals surface area contributed by atoms with E-state index in [2.05, 4.69) is 49.4 Å². The van der Waals surface area contributed by atoms with Gasteiger partial charge in [0.2, 0.25) is 0 Å². The van der Waals surface area contributed by atoms with Crippen LogP contribution in [0.5, 0.6) is 0 Å². The molecule has 1 fully saturated rings. The Balaban J connectivity index is 2.08. The van der Waals surface area contributed by atoms with Crippen LogP contribution in [0.4, 0.5) is 0 Å². The lowest BCUT2D eigenvalue weighted by atomic mass is 9.76. The fourth-order valence-electron chi connectivity index (χ4n) is 3.67. The van der Waals surface area contributed by atoms with Crippen molar-refractivity contribution in [2.75, 3.05) is 0 Å². The van der Waals surface area contributed by atoms with Crippen molar-refractivity contribution in [2.24, 2.45) is 5.41 Å². The predicted octanol–water partition coefficient (Wildman–Crippen LogP) is 6.09. The quantitative estimate of drug-likeness (QED) is 0.593. The zero-order valence-electron chi connectivity index (χ0n) is 11.5. The Morgan fingerprint density at radius 3 is 2.47 bits per heavy atom. The van der Waals surface area contributed by atoms with Crippen molar-refractivity contribution < 1.29 is 0 Å². The molecule has 0 aromatic heterocycles. The molecular formula is C18H21Cl. The number of hydrogen-bond donors (Lipinski definition) is 0. The van der Waals surface area contributed by atoms with Crippen molar-refractivity contribution in [1.82, 2.24) is 0 Å². The second kappa shape index (κ2) is 5.17. The van der Waals surface area contributed by atoms with Gasteiger partial charge in [-0.15, -0.1) is 11.6 Å². The minimum Gasteiger partial charge on any atom is -0.117 e. The van der Waals surface area contributed by atoms with Gasteiger partial charge in [-0.3, -0.25) is 0 Å². The molecule has 1 aliphatic rings. The van der Waals surface area contributed by atoms with Gasteiger partial charge in [0.25, 0.3) is 0 Å². The first kappa shape index (κ1) is 13.0. The third kappa shape index (κ3) is 2.17. The van der Waals surface area contributed by atoms with Crippen molar-refractivity contribution in [1.29, 1.82) is 0 Å². The van der Waals surface area contributed by atoms with E-state index in [9.17, 15) is 0 Å². The summed E-state index contributed by atoms with van der Waals surface area (Å²) in [7, 11) is 0. The second-order valence-corrected chi connectivity index (χ2v) is 6.29. The van der Waals surface area contributed by atoms with Crippen LogP contribution in [0.2, 0.25) is 0 Å². The average molecular weight is 273 g/mol. The molecule has 0 aliphatic heterocycles. The van der Waals surface area contributed by atoms with Crippen LogP contribution in [0.1, 0.15) is 50.0 Å². The topological polar surface area (TPSA) is 0 Å². The lowest BCUT2D eigenvalue weighted by molar-refractivity contribution is 0.272. The summed E-state index contributed by atoms with van der Waals surface area (Å²) in [4.78, 5) is 0. The number of halogens is 1. The van der Waals surface area contributed by atoms with E-state index >= 15 is 0 Å². The van der Waals surface area contributed by atoms with E-state index in [-0.39, 0.29) is 5.38 Å². The Morgan fingerprint density at radius 1 is 1.05 bits per heavy atom. The number of benzene rings is 2. The maximum atomic E-state index is 6.95. The molecule has 1 aliphatic carbocycles. The van der Waals surface area contributed by atoms with Crippen LogP contribution in [0.3, 0.4) is 0 Å². The van der Waals surface area contributed by atoms with Gasteiger partial charge in [0.15, 0.2) is 0 Å². The zero-order chi connectivity index (χ0) is 13.3. The second-order valence-electron chi connectivity index (χ2n) is 5.85. The van der Waals surface area contributed by atoms with Gasteiger partial charge in [0, 0.05) is 0 Å². The highest BCUT2D eigenvalue weighted by atomic mass is 35.5. The predicted molar refractivity (Wildman–Crippen MR) is 83.7 cm³/mol. The molecule has 100 valence electrons. The Labute approximate surface area is 120 Å². The van der Waals surface area contributed by atoms with Crippen molar-refractivity contribution in [3.63, 3.8) is 0 Å². The van der Waals surface area contributed by atoms with Gasteiger partial charge >= 0.3 is 0 Å². The monoisotopic (exact) mass is 272 g/mol. The summed E-state index contributed by atoms with van der Waals surface area (Å²) >= 11 is 6.95. The first-order valence-electron chi connectivity index (χ1n) is 7.38. The molecule has 0 radical (unpaired) electrons. The summed E-state index contributed by atoms with van der Waals surface area (Å²) in [5, 5.41) is 2.77. The highest BCUT2D eigenvalue weighted by Crippen LogP contribution is 2.54. The largest absolute Gasteiger partial charge is 0.117 e. The minimum atomic E-state index is 0.145. The SMILES string of the molecule is CCC1(C(Cl)c2cccc3ccccc23)CCCC1. The van der Waals surface area contributed by atoms with Gasteiger partial charge < -0.3 is 0 Å². The van der Waals surface area contributed by atoms with E-state index in [0.717, 1.165) is 0 Å². The molecule has 2 aromatic rings. The fraction of sp³-hybridized carbons (Fsp3) is 0.444. The molecule has 0 saturated heterocycles. The van der Waals surface area contributed by atoms with E-state index < -0.39 is 0 Å². The summed E-state index contributed by atoms with van der Waals surface area (Å²) in [6.45, 7) is 2.30. The van der Waals surface area contributed by atoms with Crippen molar-refractivity contribution in [3.05, 3.63) is 48.0 Å². The molecule has 0 spiro atoms. The van der Waals surface area contributed by atoms with Gasteiger partial charge in [0.1, 0.15) is 0 Å². The van der Waals surface area contributed by atoms with Gasteiger partial charge in [0.05, 0.1) is 5.38 Å².